The fourth-order valence-corrected chi connectivity index (χ4v) is 7.96. The number of hydrogen-bond acceptors (Lipinski definition) is 9. The van der Waals surface area contributed by atoms with Gasteiger partial charge < -0.3 is 38.7 Å². The number of benzene rings is 4. The van der Waals surface area contributed by atoms with Crippen LogP contribution in [0.1, 0.15) is 89.7 Å². The Kier molecular flexibility index (Phi) is 16.3. The maximum absolute atomic E-state index is 14.5. The first-order valence-electron chi connectivity index (χ1n) is 20.4. The maximum atomic E-state index is 14.5. The molecule has 0 aliphatic heterocycles. The lowest BCUT2D eigenvalue weighted by Crippen LogP contribution is -2.26. The van der Waals surface area contributed by atoms with E-state index in [0.717, 1.165) is 0 Å². The van der Waals surface area contributed by atoms with Gasteiger partial charge in [-0.2, -0.15) is 0 Å². The molecule has 0 fully saturated rings. The summed E-state index contributed by atoms with van der Waals surface area (Å²) in [5, 5.41) is 29.9. The van der Waals surface area contributed by atoms with E-state index in [9.17, 15) is 43.3 Å². The Hall–Kier alpha value is -5.80. The number of aromatic carboxylic acids is 1. The first kappa shape index (κ1) is 49.2. The second kappa shape index (κ2) is 21.3. The van der Waals surface area contributed by atoms with Crippen LogP contribution in [-0.2, 0) is 17.6 Å². The predicted molar refractivity (Wildman–Crippen MR) is 243 cm³/mol. The third-order valence-corrected chi connectivity index (χ3v) is 11.6. The van der Waals surface area contributed by atoms with Gasteiger partial charge in [0.15, 0.2) is 0 Å². The molecule has 2 aromatic heterocycles. The van der Waals surface area contributed by atoms with Gasteiger partial charge in [0.05, 0.1) is 67.2 Å². The summed E-state index contributed by atoms with van der Waals surface area (Å²) in [7, 11) is 2.94. The minimum absolute atomic E-state index is 0.00179. The molecule has 0 unspecified atom stereocenters. The second-order valence-corrected chi connectivity index (χ2v) is 16.5. The van der Waals surface area contributed by atoms with Crippen molar-refractivity contribution in [2.45, 2.75) is 59.5 Å². The van der Waals surface area contributed by atoms with Gasteiger partial charge in [0.25, 0.3) is 0 Å². The summed E-state index contributed by atoms with van der Waals surface area (Å²) in [6.45, 7) is 8.97. The van der Waals surface area contributed by atoms with Crippen LogP contribution in [0.25, 0.3) is 21.8 Å². The van der Waals surface area contributed by atoms with Crippen molar-refractivity contribution in [2.75, 3.05) is 34.0 Å². The van der Waals surface area contributed by atoms with Gasteiger partial charge in [0, 0.05) is 48.1 Å². The van der Waals surface area contributed by atoms with E-state index >= 15 is 0 Å². The molecule has 340 valence electrons. The van der Waals surface area contributed by atoms with E-state index in [-0.39, 0.29) is 70.9 Å². The molecule has 2 atom stereocenters. The molecule has 0 spiro atoms. The minimum Gasteiger partial charge on any atom is -0.496 e. The van der Waals surface area contributed by atoms with Crippen LogP contribution >= 0.6 is 23.2 Å². The molecule has 0 aliphatic carbocycles. The zero-order valence-corrected chi connectivity index (χ0v) is 37.9. The van der Waals surface area contributed by atoms with Gasteiger partial charge in [-0.1, -0.05) is 75.2 Å². The minimum atomic E-state index is -1.36. The Morgan fingerprint density at radius 2 is 1.08 bits per heavy atom. The standard InChI is InChI=1S/C25H27ClFNO5.C23H23ClFNO5/c1-5-33-25(31)18-12-28(21(13-29)14(2)3)20-11-22(32-4)16(10-17(20)24(18)30)9-15-7-6-8-19(26)23(15)27;1-12(2)19(11-27)26-10-16(23(29)30)22(28)15-8-14(20(31-3)9-18(15)26)7-13-5-4-6-17(24)21(13)25/h6-8,10-12,14,21,29H,5,9,13H2,1-4H3;4-6,8-10,12,19,27H,7,11H2,1-3H3,(H,29,30)/t21-;19-/m11/s1. The number of aliphatic hydroxyl groups excluding tert-OH is 2. The van der Waals surface area contributed by atoms with Gasteiger partial charge in [0.2, 0.25) is 10.9 Å². The Bertz CT molecular complexity index is 2820. The van der Waals surface area contributed by atoms with Crippen molar-refractivity contribution < 1.29 is 47.9 Å². The molecule has 6 aromatic rings. The highest BCUT2D eigenvalue weighted by molar-refractivity contribution is 6.31. The summed E-state index contributed by atoms with van der Waals surface area (Å²) < 4.78 is 48.4. The lowest BCUT2D eigenvalue weighted by molar-refractivity contribution is 0.0522. The first-order chi connectivity index (χ1) is 30.4. The first-order valence-corrected chi connectivity index (χ1v) is 21.2. The molecule has 0 aliphatic rings. The zero-order chi connectivity index (χ0) is 47.2. The number of ether oxygens (including phenoxy) is 3. The van der Waals surface area contributed by atoms with Gasteiger partial charge in [0.1, 0.15) is 34.3 Å². The van der Waals surface area contributed by atoms with Crippen LogP contribution < -0.4 is 20.3 Å². The number of carboxylic acid groups (broad SMARTS) is 1. The summed E-state index contributed by atoms with van der Waals surface area (Å²) in [5.41, 5.74) is 0.944. The van der Waals surface area contributed by atoms with E-state index in [1.54, 1.807) is 58.5 Å². The molecule has 0 saturated carbocycles. The third-order valence-electron chi connectivity index (χ3n) is 11.0. The van der Waals surface area contributed by atoms with Crippen LogP contribution in [-0.4, -0.2) is 70.4 Å². The van der Waals surface area contributed by atoms with Crippen molar-refractivity contribution in [2.24, 2.45) is 11.8 Å². The maximum Gasteiger partial charge on any atom is 0.343 e. The number of carbonyl (C=O) groups excluding carboxylic acids is 1. The van der Waals surface area contributed by atoms with Gasteiger partial charge in [-0.15, -0.1) is 0 Å². The largest absolute Gasteiger partial charge is 0.496 e. The molecule has 2 heterocycles. The average Bonchev–Trinajstić information content (AvgIpc) is 3.25. The number of hydrogen-bond donors (Lipinski definition) is 3. The molecule has 0 amide bonds. The number of aliphatic hydroxyl groups is 2. The molecule has 3 N–H and O–H groups in total. The van der Waals surface area contributed by atoms with Gasteiger partial charge in [-0.3, -0.25) is 9.59 Å². The highest BCUT2D eigenvalue weighted by Crippen LogP contribution is 2.33. The van der Waals surface area contributed by atoms with E-state index in [1.165, 1.54) is 44.8 Å². The molecule has 12 nitrogen and oxygen atoms in total. The van der Waals surface area contributed by atoms with Gasteiger partial charge >= 0.3 is 11.9 Å². The Morgan fingerprint density at radius 1 is 0.672 bits per heavy atom. The van der Waals surface area contributed by atoms with E-state index in [4.69, 9.17) is 37.4 Å². The lowest BCUT2D eigenvalue weighted by atomic mass is 9.98. The number of fused-ring (bicyclic) bond motifs is 2. The number of carbonyl (C=O) groups is 2. The van der Waals surface area contributed by atoms with Crippen LogP contribution in [0.15, 0.2) is 82.6 Å². The smallest absolute Gasteiger partial charge is 0.343 e. The number of halogens is 4. The summed E-state index contributed by atoms with van der Waals surface area (Å²) in [4.78, 5) is 50.5. The van der Waals surface area contributed by atoms with Crippen molar-refractivity contribution in [3.05, 3.63) is 149 Å². The highest BCUT2D eigenvalue weighted by Gasteiger charge is 2.25. The SMILES string of the molecule is CCOC(=O)c1cn([C@H](CO)C(C)C)c2cc(OC)c(Cc3cccc(Cl)c3F)cc2c1=O.COc1cc2c(cc1Cc1cccc(Cl)c1F)c(=O)c(C(=O)O)cn2[C@H](CO)C(C)C. The number of pyridine rings is 2. The molecule has 4 aromatic carbocycles. The molecule has 0 saturated heterocycles. The molecule has 0 radical (unpaired) electrons. The number of rotatable bonds is 15. The lowest BCUT2D eigenvalue weighted by Gasteiger charge is -2.25. The molecule has 16 heteroatoms. The summed E-state index contributed by atoms with van der Waals surface area (Å²) >= 11 is 11.8. The molecule has 0 bridgehead atoms. The fraction of sp³-hybridized carbons (Fsp3) is 0.333. The number of esters is 1. The van der Waals surface area contributed by atoms with Gasteiger partial charge in [-0.25, -0.2) is 18.4 Å². The highest BCUT2D eigenvalue weighted by atomic mass is 35.5. The molecular weight excluding hydrogens is 873 g/mol. The number of aromatic nitrogens is 2. The topological polar surface area (TPSA) is 167 Å². The molecule has 64 heavy (non-hydrogen) atoms. The van der Waals surface area contributed by atoms with E-state index < -0.39 is 52.1 Å². The Labute approximate surface area is 378 Å². The number of carboxylic acids is 1. The van der Waals surface area contributed by atoms with E-state index in [1.807, 2.05) is 27.7 Å². The summed E-state index contributed by atoms with van der Waals surface area (Å²) in [6.07, 6.45) is 2.90. The normalized spacial score (nSPS) is 12.3. The fourth-order valence-electron chi connectivity index (χ4n) is 7.58. The van der Waals surface area contributed by atoms with Crippen LogP contribution in [0, 0.1) is 23.5 Å². The quantitative estimate of drug-likeness (QED) is 0.0846. The van der Waals surface area contributed by atoms with Crippen LogP contribution in [0.4, 0.5) is 8.78 Å². The summed E-state index contributed by atoms with van der Waals surface area (Å²) in [6, 6.07) is 14.9. The Balaban J connectivity index is 0.000000241. The van der Waals surface area contributed by atoms with E-state index in [0.29, 0.717) is 44.8 Å². The summed E-state index contributed by atoms with van der Waals surface area (Å²) in [5.74, 6) is -2.40. The average molecular weight is 924 g/mol. The molecular formula is C48H50Cl2F2N2O10. The number of methoxy groups -OCH3 is 2. The Morgan fingerprint density at radius 3 is 1.44 bits per heavy atom. The molecule has 6 rings (SSSR count). The van der Waals surface area contributed by atoms with Crippen LogP contribution in [0.3, 0.4) is 0 Å². The van der Waals surface area contributed by atoms with Crippen molar-refractivity contribution in [3.8, 4) is 11.5 Å². The monoisotopic (exact) mass is 922 g/mol. The third kappa shape index (κ3) is 10.3. The van der Waals surface area contributed by atoms with Crippen molar-refractivity contribution in [3.63, 3.8) is 0 Å². The zero-order valence-electron chi connectivity index (χ0n) is 36.4. The predicted octanol–water partition coefficient (Wildman–Crippen LogP) is 9.04. The van der Waals surface area contributed by atoms with Crippen molar-refractivity contribution in [1.29, 1.82) is 0 Å². The van der Waals surface area contributed by atoms with Crippen molar-refractivity contribution >= 4 is 56.9 Å². The van der Waals surface area contributed by atoms with Gasteiger partial charge in [-0.05, 0) is 65.3 Å². The van der Waals surface area contributed by atoms with Crippen LogP contribution in [0.2, 0.25) is 10.0 Å². The number of nitrogens with zero attached hydrogens (tertiary/aromatic N) is 2. The van der Waals surface area contributed by atoms with Crippen molar-refractivity contribution in [1.82, 2.24) is 9.13 Å². The van der Waals surface area contributed by atoms with E-state index in [2.05, 4.69) is 0 Å². The van der Waals surface area contributed by atoms with Crippen LogP contribution in [0.5, 0.6) is 11.5 Å². The second-order valence-electron chi connectivity index (χ2n) is 15.7.